The van der Waals surface area contributed by atoms with E-state index < -0.39 is 0 Å². The van der Waals surface area contributed by atoms with Crippen molar-refractivity contribution in [3.05, 3.63) is 29.3 Å². The molecule has 0 aliphatic carbocycles. The Kier molecular flexibility index (Phi) is 4.36. The van der Waals surface area contributed by atoms with E-state index in [1.165, 1.54) is 5.56 Å². The Morgan fingerprint density at radius 2 is 2.32 bits per heavy atom. The Balaban J connectivity index is 1.51. The SMILES string of the molecule is CC1(C)Cc2cc(CNC(=O)C[C@H]3CNCCO3)ccc2O1. The van der Waals surface area contributed by atoms with Crippen LogP contribution in [0, 0.1) is 0 Å². The van der Waals surface area contributed by atoms with Crippen LogP contribution >= 0.6 is 0 Å². The third kappa shape index (κ3) is 3.78. The van der Waals surface area contributed by atoms with Crippen molar-refractivity contribution >= 4 is 5.91 Å². The van der Waals surface area contributed by atoms with E-state index in [9.17, 15) is 4.79 Å². The second-order valence-corrected chi connectivity index (χ2v) is 6.66. The van der Waals surface area contributed by atoms with Gasteiger partial charge in [-0.25, -0.2) is 0 Å². The molecule has 0 spiro atoms. The van der Waals surface area contributed by atoms with Crippen LogP contribution in [0.4, 0.5) is 0 Å². The van der Waals surface area contributed by atoms with Crippen LogP contribution in [0.3, 0.4) is 0 Å². The minimum atomic E-state index is -0.129. The molecule has 1 fully saturated rings. The van der Waals surface area contributed by atoms with Crippen molar-refractivity contribution < 1.29 is 14.3 Å². The number of morpholine rings is 1. The van der Waals surface area contributed by atoms with Gasteiger partial charge in [0.05, 0.1) is 19.1 Å². The molecule has 1 saturated heterocycles. The number of hydrogen-bond acceptors (Lipinski definition) is 4. The highest BCUT2D eigenvalue weighted by molar-refractivity contribution is 5.76. The number of amides is 1. The van der Waals surface area contributed by atoms with Crippen molar-refractivity contribution in [1.82, 2.24) is 10.6 Å². The number of ether oxygens (including phenoxy) is 2. The largest absolute Gasteiger partial charge is 0.487 e. The van der Waals surface area contributed by atoms with Gasteiger partial charge >= 0.3 is 0 Å². The summed E-state index contributed by atoms with van der Waals surface area (Å²) in [4.78, 5) is 12.0. The van der Waals surface area contributed by atoms with Crippen molar-refractivity contribution in [2.45, 2.75) is 44.9 Å². The normalized spacial score (nSPS) is 22.7. The Morgan fingerprint density at radius 3 is 3.09 bits per heavy atom. The number of benzene rings is 1. The van der Waals surface area contributed by atoms with Gasteiger partial charge in [0, 0.05) is 26.1 Å². The summed E-state index contributed by atoms with van der Waals surface area (Å²) in [6.45, 7) is 7.02. The number of rotatable bonds is 4. The molecule has 2 heterocycles. The first-order valence-electron chi connectivity index (χ1n) is 7.92. The molecule has 0 bridgehead atoms. The standard InChI is InChI=1S/C17H24N2O3/c1-17(2)9-13-7-12(3-4-15(13)22-17)10-19-16(20)8-14-11-18-5-6-21-14/h3-4,7,14,18H,5-6,8-11H2,1-2H3,(H,19,20)/t14-/m0/s1. The lowest BCUT2D eigenvalue weighted by Crippen LogP contribution is -2.41. The lowest BCUT2D eigenvalue weighted by Gasteiger charge is -2.23. The summed E-state index contributed by atoms with van der Waals surface area (Å²) in [6, 6.07) is 6.14. The molecule has 1 aromatic rings. The Bertz CT molecular complexity index is 551. The molecule has 22 heavy (non-hydrogen) atoms. The second kappa shape index (κ2) is 6.26. The Hall–Kier alpha value is -1.59. The van der Waals surface area contributed by atoms with Crippen molar-refractivity contribution in [1.29, 1.82) is 0 Å². The number of carbonyl (C=O) groups is 1. The minimum absolute atomic E-state index is 0.0111. The van der Waals surface area contributed by atoms with Gasteiger partial charge in [0.15, 0.2) is 0 Å². The zero-order valence-electron chi connectivity index (χ0n) is 13.3. The molecule has 1 aromatic carbocycles. The summed E-state index contributed by atoms with van der Waals surface area (Å²) in [5.41, 5.74) is 2.20. The molecular weight excluding hydrogens is 280 g/mol. The van der Waals surface area contributed by atoms with Crippen molar-refractivity contribution in [2.75, 3.05) is 19.7 Å². The number of carbonyl (C=O) groups excluding carboxylic acids is 1. The molecule has 0 radical (unpaired) electrons. The minimum Gasteiger partial charge on any atom is -0.487 e. The number of hydrogen-bond donors (Lipinski definition) is 2. The summed E-state index contributed by atoms with van der Waals surface area (Å²) in [6.07, 6.45) is 1.31. The zero-order chi connectivity index (χ0) is 15.6. The van der Waals surface area contributed by atoms with Crippen LogP contribution in [0.1, 0.15) is 31.4 Å². The summed E-state index contributed by atoms with van der Waals surface area (Å²) < 4.78 is 11.4. The average Bonchev–Trinajstić information content (AvgIpc) is 2.79. The van der Waals surface area contributed by atoms with Gasteiger partial charge in [-0.05, 0) is 31.0 Å². The second-order valence-electron chi connectivity index (χ2n) is 6.66. The highest BCUT2D eigenvalue weighted by Gasteiger charge is 2.29. The van der Waals surface area contributed by atoms with Crippen molar-refractivity contribution in [3.8, 4) is 5.75 Å². The van der Waals surface area contributed by atoms with Gasteiger partial charge < -0.3 is 20.1 Å². The summed E-state index contributed by atoms with van der Waals surface area (Å²) in [7, 11) is 0. The summed E-state index contributed by atoms with van der Waals surface area (Å²) >= 11 is 0. The molecule has 2 aliphatic heterocycles. The number of nitrogens with one attached hydrogen (secondary N) is 2. The van der Waals surface area contributed by atoms with E-state index in [1.54, 1.807) is 0 Å². The quantitative estimate of drug-likeness (QED) is 0.883. The zero-order valence-corrected chi connectivity index (χ0v) is 13.3. The van der Waals surface area contributed by atoms with Crippen LogP contribution in [0.15, 0.2) is 18.2 Å². The van der Waals surface area contributed by atoms with Crippen LogP contribution in [0.2, 0.25) is 0 Å². The maximum atomic E-state index is 12.0. The smallest absolute Gasteiger partial charge is 0.222 e. The van der Waals surface area contributed by atoms with E-state index in [2.05, 4.69) is 30.5 Å². The highest BCUT2D eigenvalue weighted by Crippen LogP contribution is 2.35. The van der Waals surface area contributed by atoms with Crippen LogP contribution in [0.5, 0.6) is 5.75 Å². The van der Waals surface area contributed by atoms with Crippen molar-refractivity contribution in [2.24, 2.45) is 0 Å². The van der Waals surface area contributed by atoms with Crippen LogP contribution in [-0.4, -0.2) is 37.3 Å². The molecule has 120 valence electrons. The third-order valence-electron chi connectivity index (χ3n) is 4.03. The van der Waals surface area contributed by atoms with E-state index >= 15 is 0 Å². The monoisotopic (exact) mass is 304 g/mol. The van der Waals surface area contributed by atoms with E-state index in [4.69, 9.17) is 9.47 Å². The van der Waals surface area contributed by atoms with Gasteiger partial charge in [-0.1, -0.05) is 12.1 Å². The molecule has 2 N–H and O–H groups in total. The average molecular weight is 304 g/mol. The van der Waals surface area contributed by atoms with E-state index in [0.717, 1.165) is 30.8 Å². The van der Waals surface area contributed by atoms with E-state index in [0.29, 0.717) is 19.6 Å². The molecule has 0 unspecified atom stereocenters. The topological polar surface area (TPSA) is 59.6 Å². The van der Waals surface area contributed by atoms with Gasteiger partial charge in [0.2, 0.25) is 5.91 Å². The highest BCUT2D eigenvalue weighted by atomic mass is 16.5. The van der Waals surface area contributed by atoms with Crippen LogP contribution < -0.4 is 15.4 Å². The van der Waals surface area contributed by atoms with Gasteiger partial charge in [-0.2, -0.15) is 0 Å². The lowest BCUT2D eigenvalue weighted by atomic mass is 10.0. The molecule has 0 saturated carbocycles. The van der Waals surface area contributed by atoms with Crippen LogP contribution in [-0.2, 0) is 22.5 Å². The number of fused-ring (bicyclic) bond motifs is 1. The van der Waals surface area contributed by atoms with Crippen molar-refractivity contribution in [3.63, 3.8) is 0 Å². The van der Waals surface area contributed by atoms with Gasteiger partial charge in [-0.15, -0.1) is 0 Å². The van der Waals surface area contributed by atoms with Gasteiger partial charge in [-0.3, -0.25) is 4.79 Å². The molecular formula is C17H24N2O3. The molecule has 5 heteroatoms. The van der Waals surface area contributed by atoms with Gasteiger partial charge in [0.25, 0.3) is 0 Å². The fourth-order valence-electron chi connectivity index (χ4n) is 3.00. The lowest BCUT2D eigenvalue weighted by molar-refractivity contribution is -0.124. The fourth-order valence-corrected chi connectivity index (χ4v) is 3.00. The molecule has 3 rings (SSSR count). The molecule has 2 aliphatic rings. The Morgan fingerprint density at radius 1 is 1.45 bits per heavy atom. The first kappa shape index (κ1) is 15.3. The van der Waals surface area contributed by atoms with E-state index in [1.807, 2.05) is 12.1 Å². The predicted octanol–water partition coefficient (Wildman–Crippen LogP) is 1.39. The summed E-state index contributed by atoms with van der Waals surface area (Å²) in [5, 5.41) is 6.20. The van der Waals surface area contributed by atoms with Gasteiger partial charge in [0.1, 0.15) is 11.4 Å². The predicted molar refractivity (Wildman–Crippen MR) is 83.9 cm³/mol. The first-order chi connectivity index (χ1) is 10.5. The molecule has 1 atom stereocenters. The third-order valence-corrected chi connectivity index (χ3v) is 4.03. The van der Waals surface area contributed by atoms with E-state index in [-0.39, 0.29) is 17.6 Å². The Labute approximate surface area is 131 Å². The van der Waals surface area contributed by atoms with Crippen LogP contribution in [0.25, 0.3) is 0 Å². The first-order valence-corrected chi connectivity index (χ1v) is 7.92. The maximum Gasteiger partial charge on any atom is 0.222 e. The molecule has 0 aromatic heterocycles. The maximum absolute atomic E-state index is 12.0. The molecule has 1 amide bonds. The molecule has 5 nitrogen and oxygen atoms in total. The summed E-state index contributed by atoms with van der Waals surface area (Å²) in [5.74, 6) is 0.993. The fraction of sp³-hybridized carbons (Fsp3) is 0.588.